The number of likely N-dealkylation sites (N-methyl/N-ethyl adjacent to an activating group) is 1. The summed E-state index contributed by atoms with van der Waals surface area (Å²) in [6.45, 7) is 4.41. The number of rotatable bonds is 7. The van der Waals surface area contributed by atoms with E-state index in [1.54, 1.807) is 70.3 Å². The fraction of sp³-hybridized carbons (Fsp3) is 0.400. The van der Waals surface area contributed by atoms with E-state index in [4.69, 9.17) is 5.73 Å². The third kappa shape index (κ3) is 5.13. The van der Waals surface area contributed by atoms with Crippen molar-refractivity contribution >= 4 is 46.4 Å². The molecule has 3 aliphatic carbocycles. The van der Waals surface area contributed by atoms with E-state index in [2.05, 4.69) is 10.6 Å². The lowest BCUT2D eigenvalue weighted by Gasteiger charge is -2.59. The van der Waals surface area contributed by atoms with Gasteiger partial charge in [-0.05, 0) is 69.8 Å². The molecule has 4 atom stereocenters. The maximum absolute atomic E-state index is 14.5. The Kier molecular flexibility index (Phi) is 8.41. The number of carbonyl (C=O) groups is 5. The zero-order valence-electron chi connectivity index (χ0n) is 28.4. The van der Waals surface area contributed by atoms with Gasteiger partial charge in [0.05, 0.1) is 11.6 Å². The van der Waals surface area contributed by atoms with Crippen molar-refractivity contribution in [2.24, 2.45) is 16.6 Å². The van der Waals surface area contributed by atoms with Crippen molar-refractivity contribution < 1.29 is 44.4 Å². The first-order chi connectivity index (χ1) is 22.7. The minimum atomic E-state index is -2.83. The molecule has 3 amide bonds. The number of nitrogens with one attached hydrogen (secondary N) is 2. The Hall–Kier alpha value is -5.21. The SMILES string of the molecule is CC(=O)c1ccc(NC(=O)NCc2cc(N(C)C)c3c(c2O)C(O)=C2C(=O)[C@]4(O)C(O)=C(C(N)=O)C(=O)[C@@H](N(C)C)[C@]4(C)C[C@]2(C)C3)cc1. The highest BCUT2D eigenvalue weighted by molar-refractivity contribution is 6.25. The predicted molar refractivity (Wildman–Crippen MR) is 180 cm³/mol. The molecule has 0 bridgehead atoms. The number of phenols is 1. The molecule has 49 heavy (non-hydrogen) atoms. The molecule has 0 aliphatic heterocycles. The van der Waals surface area contributed by atoms with Crippen molar-refractivity contribution in [3.63, 3.8) is 0 Å². The number of primary amides is 1. The van der Waals surface area contributed by atoms with Crippen LogP contribution >= 0.6 is 0 Å². The van der Waals surface area contributed by atoms with Gasteiger partial charge in [0.25, 0.3) is 5.91 Å². The van der Waals surface area contributed by atoms with E-state index in [0.717, 1.165) is 0 Å². The summed E-state index contributed by atoms with van der Waals surface area (Å²) in [7, 11) is 6.59. The monoisotopic (exact) mass is 675 g/mol. The minimum absolute atomic E-state index is 0.0756. The maximum Gasteiger partial charge on any atom is 0.319 e. The molecule has 14 nitrogen and oxygen atoms in total. The van der Waals surface area contributed by atoms with Crippen LogP contribution in [0.4, 0.5) is 16.2 Å². The molecule has 0 radical (unpaired) electrons. The lowest BCUT2D eigenvalue weighted by Crippen LogP contribution is -2.72. The highest BCUT2D eigenvalue weighted by atomic mass is 16.3. The van der Waals surface area contributed by atoms with E-state index in [1.807, 2.05) is 0 Å². The molecule has 0 saturated heterocycles. The molecule has 0 unspecified atom stereocenters. The number of anilines is 2. The molecule has 3 aliphatic rings. The summed E-state index contributed by atoms with van der Waals surface area (Å²) in [6.07, 6.45) is -0.0254. The number of ketones is 3. The third-order valence-electron chi connectivity index (χ3n) is 10.2. The molecule has 260 valence electrons. The molecule has 0 aromatic heterocycles. The van der Waals surface area contributed by atoms with E-state index in [1.165, 1.54) is 18.7 Å². The normalized spacial score (nSPS) is 26.2. The molecular weight excluding hydrogens is 634 g/mol. The second-order valence-electron chi connectivity index (χ2n) is 14.0. The largest absolute Gasteiger partial charge is 0.508 e. The molecule has 1 fully saturated rings. The van der Waals surface area contributed by atoms with Gasteiger partial charge < -0.3 is 41.7 Å². The fourth-order valence-corrected chi connectivity index (χ4v) is 8.10. The number of benzene rings is 2. The van der Waals surface area contributed by atoms with Gasteiger partial charge in [0, 0.05) is 59.5 Å². The summed E-state index contributed by atoms with van der Waals surface area (Å²) < 4.78 is 0. The number of aliphatic hydroxyl groups excluding tert-OH is 2. The molecule has 0 spiro atoms. The van der Waals surface area contributed by atoms with Gasteiger partial charge in [0.1, 0.15) is 22.8 Å². The summed E-state index contributed by atoms with van der Waals surface area (Å²) in [5.74, 6) is -5.66. The average Bonchev–Trinajstić information content (AvgIpc) is 2.98. The molecule has 2 aromatic carbocycles. The maximum atomic E-state index is 14.5. The zero-order valence-corrected chi connectivity index (χ0v) is 28.4. The smallest absolute Gasteiger partial charge is 0.319 e. The topological polar surface area (TPSA) is 223 Å². The Balaban J connectivity index is 1.60. The van der Waals surface area contributed by atoms with Crippen LogP contribution < -0.4 is 21.3 Å². The van der Waals surface area contributed by atoms with E-state index in [-0.39, 0.29) is 41.9 Å². The molecule has 1 saturated carbocycles. The molecule has 5 rings (SSSR count). The number of urea groups is 1. The lowest BCUT2D eigenvalue weighted by atomic mass is 9.46. The number of Topliss-reactive ketones (excluding diaryl/α,β-unsaturated/α-hetero) is 3. The fourth-order valence-electron chi connectivity index (χ4n) is 8.10. The van der Waals surface area contributed by atoms with Gasteiger partial charge in [-0.15, -0.1) is 0 Å². The lowest BCUT2D eigenvalue weighted by molar-refractivity contribution is -0.176. The first kappa shape index (κ1) is 35.1. The van der Waals surface area contributed by atoms with Crippen LogP contribution in [0.1, 0.15) is 54.2 Å². The van der Waals surface area contributed by atoms with Gasteiger partial charge >= 0.3 is 6.03 Å². The van der Waals surface area contributed by atoms with E-state index >= 15 is 0 Å². The van der Waals surface area contributed by atoms with Gasteiger partial charge in [-0.2, -0.15) is 0 Å². The summed E-state index contributed by atoms with van der Waals surface area (Å²) in [5.41, 5.74) is 0.580. The number of nitrogens with zero attached hydrogens (tertiary/aromatic N) is 2. The van der Waals surface area contributed by atoms with Crippen LogP contribution in [0.2, 0.25) is 0 Å². The molecular formula is C35H41N5O9. The number of fused-ring (bicyclic) bond motifs is 3. The highest BCUT2D eigenvalue weighted by Gasteiger charge is 2.72. The van der Waals surface area contributed by atoms with Crippen molar-refractivity contribution in [3.8, 4) is 5.75 Å². The number of aliphatic hydroxyl groups is 3. The Morgan fingerprint density at radius 3 is 2.16 bits per heavy atom. The van der Waals surface area contributed by atoms with Crippen LogP contribution in [0.3, 0.4) is 0 Å². The Morgan fingerprint density at radius 1 is 1.02 bits per heavy atom. The van der Waals surface area contributed by atoms with Gasteiger partial charge in [-0.1, -0.05) is 13.8 Å². The number of carbonyl (C=O) groups excluding carboxylic acids is 5. The van der Waals surface area contributed by atoms with E-state index in [9.17, 15) is 44.4 Å². The zero-order chi connectivity index (χ0) is 36.5. The number of nitrogens with two attached hydrogens (primary N) is 1. The highest BCUT2D eigenvalue weighted by Crippen LogP contribution is 2.63. The first-order valence-corrected chi connectivity index (χ1v) is 15.6. The molecule has 8 N–H and O–H groups in total. The Labute approximate surface area is 282 Å². The van der Waals surface area contributed by atoms with Crippen LogP contribution in [-0.2, 0) is 27.3 Å². The van der Waals surface area contributed by atoms with Crippen LogP contribution in [0, 0.1) is 10.8 Å². The second kappa shape index (κ2) is 11.7. The summed E-state index contributed by atoms with van der Waals surface area (Å²) in [6, 6.07) is 6.07. The van der Waals surface area contributed by atoms with E-state index in [0.29, 0.717) is 22.5 Å². The van der Waals surface area contributed by atoms with Gasteiger partial charge in [0.15, 0.2) is 17.2 Å². The van der Waals surface area contributed by atoms with Gasteiger partial charge in [-0.3, -0.25) is 24.1 Å². The first-order valence-electron chi connectivity index (χ1n) is 15.6. The Morgan fingerprint density at radius 2 is 1.63 bits per heavy atom. The average molecular weight is 676 g/mol. The van der Waals surface area contributed by atoms with Crippen LogP contribution in [0.25, 0.3) is 5.76 Å². The molecule has 0 heterocycles. The van der Waals surface area contributed by atoms with Crippen molar-refractivity contribution in [2.45, 2.75) is 51.8 Å². The van der Waals surface area contributed by atoms with Crippen molar-refractivity contribution in [1.29, 1.82) is 0 Å². The predicted octanol–water partition coefficient (Wildman–Crippen LogP) is 2.33. The van der Waals surface area contributed by atoms with Crippen molar-refractivity contribution in [1.82, 2.24) is 10.2 Å². The second-order valence-corrected chi connectivity index (χ2v) is 14.0. The summed E-state index contributed by atoms with van der Waals surface area (Å²) in [4.78, 5) is 68.0. The van der Waals surface area contributed by atoms with Crippen molar-refractivity contribution in [3.05, 3.63) is 69.5 Å². The summed E-state index contributed by atoms with van der Waals surface area (Å²) >= 11 is 0. The number of hydrogen-bond donors (Lipinski definition) is 7. The van der Waals surface area contributed by atoms with Gasteiger partial charge in [0.2, 0.25) is 5.78 Å². The van der Waals surface area contributed by atoms with Crippen LogP contribution in [0.15, 0.2) is 47.2 Å². The minimum Gasteiger partial charge on any atom is -0.508 e. The summed E-state index contributed by atoms with van der Waals surface area (Å²) in [5, 5.41) is 52.2. The van der Waals surface area contributed by atoms with Gasteiger partial charge in [-0.25, -0.2) is 4.79 Å². The number of phenolic OH excluding ortho intramolecular Hbond substituents is 1. The third-order valence-corrected chi connectivity index (χ3v) is 10.2. The number of amides is 3. The van der Waals surface area contributed by atoms with Crippen LogP contribution in [-0.4, -0.2) is 94.4 Å². The molecule has 2 aromatic rings. The quantitative estimate of drug-likeness (QED) is 0.167. The number of hydrogen-bond acceptors (Lipinski definition) is 11. The number of aromatic hydroxyl groups is 1. The van der Waals surface area contributed by atoms with E-state index < -0.39 is 68.8 Å². The van der Waals surface area contributed by atoms with Crippen LogP contribution in [0.5, 0.6) is 5.75 Å². The van der Waals surface area contributed by atoms with Crippen molar-refractivity contribution in [2.75, 3.05) is 38.4 Å². The molecule has 14 heteroatoms. The standard InChI is InChI=1S/C35H41N5O9/c1-16(41)17-8-10-19(11-9-17)38-32(48)37-14-18-12-21(39(4)5)20-13-33(2)15-34(3)28(40(6)7)27(44)23(31(36)47)29(45)35(34,49)30(46)24(33)26(43)22(20)25(18)42/h8-12,28,42-43,45,49H,13-15H2,1-7H3,(H2,36,47)(H2,37,38,48)/t28-,33+,34+,35-/m1/s1. The Bertz CT molecular complexity index is 1900.